The molecule has 1 amide bonds. The van der Waals surface area contributed by atoms with E-state index in [2.05, 4.69) is 4.98 Å². The molecule has 0 spiro atoms. The molecular formula is C12H17N3O2. The summed E-state index contributed by atoms with van der Waals surface area (Å²) in [4.78, 5) is 17.6. The number of piperidine rings is 1. The molecule has 1 saturated heterocycles. The number of aliphatic hydroxyl groups excluding tert-OH is 1. The first-order chi connectivity index (χ1) is 8.22. The maximum Gasteiger partial charge on any atom is 0.240 e. The Kier molecular flexibility index (Phi) is 3.58. The topological polar surface area (TPSA) is 79.5 Å². The molecule has 1 aliphatic rings. The van der Waals surface area contributed by atoms with Crippen molar-refractivity contribution in [2.24, 2.45) is 5.73 Å². The summed E-state index contributed by atoms with van der Waals surface area (Å²) in [6, 6.07) is 3.39. The fraction of sp³-hybridized carbons (Fsp3) is 0.500. The summed E-state index contributed by atoms with van der Waals surface area (Å²) in [7, 11) is 0. The third kappa shape index (κ3) is 2.55. The molecule has 2 heterocycles. The van der Waals surface area contributed by atoms with Crippen molar-refractivity contribution in [1.82, 2.24) is 4.98 Å². The van der Waals surface area contributed by atoms with Crippen LogP contribution in [0.4, 0.5) is 5.82 Å². The minimum Gasteiger partial charge on any atom is -0.392 e. The van der Waals surface area contributed by atoms with Crippen molar-refractivity contribution in [3.8, 4) is 0 Å². The van der Waals surface area contributed by atoms with Gasteiger partial charge in [0.15, 0.2) is 0 Å². The third-order valence-corrected chi connectivity index (χ3v) is 3.12. The molecule has 3 N–H and O–H groups in total. The number of pyridine rings is 1. The molecule has 0 radical (unpaired) electrons. The summed E-state index contributed by atoms with van der Waals surface area (Å²) in [5.41, 5.74) is 6.17. The number of primary amides is 1. The molecule has 1 aliphatic heterocycles. The summed E-state index contributed by atoms with van der Waals surface area (Å²) in [6.45, 7) is 0.783. The molecule has 0 bridgehead atoms. The highest BCUT2D eigenvalue weighted by Gasteiger charge is 2.27. The fourth-order valence-corrected chi connectivity index (χ4v) is 2.18. The average Bonchev–Trinajstić information content (AvgIpc) is 2.39. The largest absolute Gasteiger partial charge is 0.392 e. The van der Waals surface area contributed by atoms with E-state index in [9.17, 15) is 4.79 Å². The predicted octanol–water partition coefficient (Wildman–Crippen LogP) is 0.418. The number of carbonyl (C=O) groups excluding carboxylic acids is 1. The molecule has 5 heteroatoms. The molecule has 5 nitrogen and oxygen atoms in total. The molecule has 0 saturated carbocycles. The Morgan fingerprint density at radius 1 is 1.53 bits per heavy atom. The van der Waals surface area contributed by atoms with Gasteiger partial charge in [-0.05, 0) is 30.9 Å². The van der Waals surface area contributed by atoms with Gasteiger partial charge in [0, 0.05) is 12.7 Å². The van der Waals surface area contributed by atoms with Gasteiger partial charge in [-0.25, -0.2) is 4.98 Å². The molecule has 1 atom stereocenters. The van der Waals surface area contributed by atoms with E-state index in [1.54, 1.807) is 6.20 Å². The van der Waals surface area contributed by atoms with Crippen molar-refractivity contribution >= 4 is 11.7 Å². The van der Waals surface area contributed by atoms with E-state index in [0.717, 1.165) is 37.2 Å². The third-order valence-electron chi connectivity index (χ3n) is 3.12. The lowest BCUT2D eigenvalue weighted by Gasteiger charge is -2.34. The first-order valence-corrected chi connectivity index (χ1v) is 5.84. The summed E-state index contributed by atoms with van der Waals surface area (Å²) in [5.74, 6) is 0.462. The Bertz CT molecular complexity index is 391. The van der Waals surface area contributed by atoms with Gasteiger partial charge >= 0.3 is 0 Å². The molecular weight excluding hydrogens is 218 g/mol. The van der Waals surface area contributed by atoms with Gasteiger partial charge in [-0.2, -0.15) is 0 Å². The summed E-state index contributed by atoms with van der Waals surface area (Å²) >= 11 is 0. The van der Waals surface area contributed by atoms with Gasteiger partial charge in [0.25, 0.3) is 0 Å². The minimum atomic E-state index is -0.294. The first-order valence-electron chi connectivity index (χ1n) is 5.84. The smallest absolute Gasteiger partial charge is 0.240 e. The Labute approximate surface area is 100 Å². The van der Waals surface area contributed by atoms with Crippen LogP contribution in [0.1, 0.15) is 24.8 Å². The Morgan fingerprint density at radius 3 is 2.94 bits per heavy atom. The van der Waals surface area contributed by atoms with Crippen LogP contribution >= 0.6 is 0 Å². The Balaban J connectivity index is 2.20. The van der Waals surface area contributed by atoms with E-state index < -0.39 is 0 Å². The van der Waals surface area contributed by atoms with Crippen LogP contribution in [-0.4, -0.2) is 28.6 Å². The molecule has 1 fully saturated rings. The number of nitrogens with two attached hydrogens (primary N) is 1. The highest BCUT2D eigenvalue weighted by atomic mass is 16.3. The lowest BCUT2D eigenvalue weighted by Crippen LogP contribution is -2.48. The molecule has 92 valence electrons. The van der Waals surface area contributed by atoms with Gasteiger partial charge in [-0.3, -0.25) is 4.79 Å². The molecule has 1 aromatic heterocycles. The summed E-state index contributed by atoms with van der Waals surface area (Å²) in [6.07, 6.45) is 4.49. The van der Waals surface area contributed by atoms with E-state index in [1.165, 1.54) is 0 Å². The number of nitrogens with zero attached hydrogens (tertiary/aromatic N) is 2. The van der Waals surface area contributed by atoms with Crippen molar-refractivity contribution in [1.29, 1.82) is 0 Å². The normalized spacial score (nSPS) is 20.3. The van der Waals surface area contributed by atoms with Gasteiger partial charge in [0.1, 0.15) is 11.9 Å². The second-order valence-electron chi connectivity index (χ2n) is 4.29. The lowest BCUT2D eigenvalue weighted by molar-refractivity contribution is -0.119. The summed E-state index contributed by atoms with van der Waals surface area (Å²) in [5, 5.41) is 8.95. The summed E-state index contributed by atoms with van der Waals surface area (Å²) < 4.78 is 0. The SMILES string of the molecule is NC(=O)C1CCCCN1c1ccc(CO)cn1. The Morgan fingerprint density at radius 2 is 2.35 bits per heavy atom. The molecule has 1 unspecified atom stereocenters. The number of hydrogen-bond donors (Lipinski definition) is 2. The first kappa shape index (κ1) is 11.9. The van der Waals surface area contributed by atoms with Crippen LogP contribution in [0.3, 0.4) is 0 Å². The molecule has 1 aromatic rings. The van der Waals surface area contributed by atoms with Crippen molar-refractivity contribution < 1.29 is 9.90 Å². The quantitative estimate of drug-likeness (QED) is 0.795. The van der Waals surface area contributed by atoms with Crippen LogP contribution < -0.4 is 10.6 Å². The predicted molar refractivity (Wildman–Crippen MR) is 64.3 cm³/mol. The van der Waals surface area contributed by atoms with E-state index in [-0.39, 0.29) is 18.6 Å². The van der Waals surface area contributed by atoms with Crippen molar-refractivity contribution in [2.45, 2.75) is 31.9 Å². The van der Waals surface area contributed by atoms with Crippen LogP contribution in [0.15, 0.2) is 18.3 Å². The maximum atomic E-state index is 11.4. The van der Waals surface area contributed by atoms with Gasteiger partial charge in [0.05, 0.1) is 6.61 Å². The zero-order valence-corrected chi connectivity index (χ0v) is 9.67. The molecule has 2 rings (SSSR count). The van der Waals surface area contributed by atoms with Gasteiger partial charge in [0.2, 0.25) is 5.91 Å². The van der Waals surface area contributed by atoms with Crippen LogP contribution in [0, 0.1) is 0 Å². The van der Waals surface area contributed by atoms with Crippen LogP contribution in [-0.2, 0) is 11.4 Å². The fourth-order valence-electron chi connectivity index (χ4n) is 2.18. The highest BCUT2D eigenvalue weighted by molar-refractivity contribution is 5.83. The zero-order valence-electron chi connectivity index (χ0n) is 9.67. The highest BCUT2D eigenvalue weighted by Crippen LogP contribution is 2.22. The molecule has 17 heavy (non-hydrogen) atoms. The van der Waals surface area contributed by atoms with Gasteiger partial charge < -0.3 is 15.7 Å². The molecule has 0 aromatic carbocycles. The van der Waals surface area contributed by atoms with E-state index in [1.807, 2.05) is 17.0 Å². The van der Waals surface area contributed by atoms with E-state index >= 15 is 0 Å². The Hall–Kier alpha value is -1.62. The second-order valence-corrected chi connectivity index (χ2v) is 4.29. The van der Waals surface area contributed by atoms with Gasteiger partial charge in [-0.15, -0.1) is 0 Å². The number of rotatable bonds is 3. The monoisotopic (exact) mass is 235 g/mol. The van der Waals surface area contributed by atoms with E-state index in [4.69, 9.17) is 10.8 Å². The molecule has 0 aliphatic carbocycles. The number of hydrogen-bond acceptors (Lipinski definition) is 4. The van der Waals surface area contributed by atoms with Crippen LogP contribution in [0.2, 0.25) is 0 Å². The van der Waals surface area contributed by atoms with Crippen LogP contribution in [0.25, 0.3) is 0 Å². The maximum absolute atomic E-state index is 11.4. The zero-order chi connectivity index (χ0) is 12.3. The van der Waals surface area contributed by atoms with Crippen LogP contribution in [0.5, 0.6) is 0 Å². The van der Waals surface area contributed by atoms with E-state index in [0.29, 0.717) is 0 Å². The minimum absolute atomic E-state index is 0.0213. The van der Waals surface area contributed by atoms with Crippen molar-refractivity contribution in [3.05, 3.63) is 23.9 Å². The standard InChI is InChI=1S/C12H17N3O2/c13-12(17)10-3-1-2-6-15(10)11-5-4-9(8-16)7-14-11/h4-5,7,10,16H,1-3,6,8H2,(H2,13,17). The van der Waals surface area contributed by atoms with Gasteiger partial charge in [-0.1, -0.05) is 6.07 Å². The van der Waals surface area contributed by atoms with Crippen molar-refractivity contribution in [2.75, 3.05) is 11.4 Å². The number of amides is 1. The number of aromatic nitrogens is 1. The number of carbonyl (C=O) groups is 1. The van der Waals surface area contributed by atoms with Crippen molar-refractivity contribution in [3.63, 3.8) is 0 Å². The number of aliphatic hydroxyl groups is 1. The second kappa shape index (κ2) is 5.14. The average molecular weight is 235 g/mol. The lowest BCUT2D eigenvalue weighted by atomic mass is 10.0. The number of anilines is 1.